The minimum atomic E-state index is -0.779. The molecule has 12 heteroatoms. The number of thiocarbonyl (C=S) groups is 2. The Bertz CT molecular complexity index is 1270. The van der Waals surface area contributed by atoms with Crippen LogP contribution in [-0.4, -0.2) is 130 Å². The number of nitrogens with zero attached hydrogens (tertiary/aromatic N) is 6. The topological polar surface area (TPSA) is 112 Å². The van der Waals surface area contributed by atoms with Crippen LogP contribution < -0.4 is 0 Å². The number of benzene rings is 2. The lowest BCUT2D eigenvalue weighted by molar-refractivity contribution is -0.145. The van der Waals surface area contributed by atoms with Crippen LogP contribution in [0.15, 0.2) is 58.5 Å². The average Bonchev–Trinajstić information content (AvgIpc) is 3.05. The highest BCUT2D eigenvalue weighted by atomic mass is 32.1. The first-order valence-corrected chi connectivity index (χ1v) is 16.9. The number of fused-ring (bicyclic) bond motifs is 3. The molecule has 2 saturated heterocycles. The highest BCUT2D eigenvalue weighted by Crippen LogP contribution is 2.19. The number of hydrogen-bond donors (Lipinski definition) is 2. The number of carboxylic acids is 2. The highest BCUT2D eigenvalue weighted by Gasteiger charge is 2.29. The van der Waals surface area contributed by atoms with Gasteiger partial charge in [0.1, 0.15) is 12.1 Å². The first-order valence-electron chi connectivity index (χ1n) is 16.1. The predicted octanol–water partition coefficient (Wildman–Crippen LogP) is 4.64. The van der Waals surface area contributed by atoms with Gasteiger partial charge in [0.05, 0.1) is 21.7 Å². The fourth-order valence-electron chi connectivity index (χ4n) is 6.45. The standard InChI is InChI=1S/C34H44N6O4S2/c41-33(42)31(13-7-27-3-9-29(10-4-27)35-25-45)39-17-1-15-37-19-20-38(22-23-39)16-2-18-40(24-21-37)32(34(43)44)14-8-28-5-11-30(12-6-28)36-26-46/h3-6,9-12,31-32H,1-2,7-8,13-24H2,(H,41,42)(H,43,44). The van der Waals surface area contributed by atoms with Crippen LogP contribution in [-0.2, 0) is 22.4 Å². The molecule has 2 bridgehead atoms. The summed E-state index contributed by atoms with van der Waals surface area (Å²) < 4.78 is 0. The van der Waals surface area contributed by atoms with Crippen molar-refractivity contribution in [2.24, 2.45) is 9.98 Å². The summed E-state index contributed by atoms with van der Waals surface area (Å²) in [6, 6.07) is 14.3. The number of hydrogen-bond acceptors (Lipinski definition) is 10. The van der Waals surface area contributed by atoms with Gasteiger partial charge in [0, 0.05) is 52.4 Å². The van der Waals surface area contributed by atoms with E-state index >= 15 is 0 Å². The fraction of sp³-hybridized carbons (Fsp3) is 0.529. The van der Waals surface area contributed by atoms with Crippen LogP contribution in [0.3, 0.4) is 0 Å². The van der Waals surface area contributed by atoms with E-state index in [0.717, 1.165) is 74.6 Å². The van der Waals surface area contributed by atoms with E-state index in [1.165, 1.54) is 0 Å². The SMILES string of the molecule is O=C(O)C(CCc1ccc(N=C=S)cc1)N1CCCN2CCN(CCCN(C(CCc3ccc(N=C=S)cc3)C(=O)O)CC2)CC1. The Morgan fingerprint density at radius 1 is 0.609 bits per heavy atom. The highest BCUT2D eigenvalue weighted by molar-refractivity contribution is 7.78. The van der Waals surface area contributed by atoms with Gasteiger partial charge in [0.15, 0.2) is 0 Å². The predicted molar refractivity (Wildman–Crippen MR) is 187 cm³/mol. The van der Waals surface area contributed by atoms with E-state index in [4.69, 9.17) is 0 Å². The zero-order valence-corrected chi connectivity index (χ0v) is 27.9. The third-order valence-corrected chi connectivity index (χ3v) is 9.25. The normalized spacial score (nSPS) is 21.2. The molecule has 0 aromatic heterocycles. The number of aliphatic carboxylic acids is 2. The van der Waals surface area contributed by atoms with Gasteiger partial charge in [0.25, 0.3) is 0 Å². The van der Waals surface area contributed by atoms with Crippen molar-refractivity contribution in [2.45, 2.75) is 50.6 Å². The monoisotopic (exact) mass is 664 g/mol. The Kier molecular flexibility index (Phi) is 14.6. The second-order valence-electron chi connectivity index (χ2n) is 12.0. The maximum atomic E-state index is 12.5. The number of carbonyl (C=O) groups is 2. The molecule has 4 unspecified atom stereocenters. The maximum absolute atomic E-state index is 12.5. The van der Waals surface area contributed by atoms with Crippen molar-refractivity contribution in [3.05, 3.63) is 59.7 Å². The number of aryl methyl sites for hydroxylation is 2. The number of isothiocyanates is 2. The van der Waals surface area contributed by atoms with E-state index in [1.54, 1.807) is 0 Å². The van der Waals surface area contributed by atoms with Gasteiger partial charge < -0.3 is 20.0 Å². The Balaban J connectivity index is 1.37. The van der Waals surface area contributed by atoms with Gasteiger partial charge in [-0.15, -0.1) is 0 Å². The molecule has 4 atom stereocenters. The first-order chi connectivity index (χ1) is 22.4. The van der Waals surface area contributed by atoms with Crippen LogP contribution >= 0.6 is 24.4 Å². The van der Waals surface area contributed by atoms with E-state index in [9.17, 15) is 19.8 Å². The zero-order valence-electron chi connectivity index (χ0n) is 26.3. The zero-order chi connectivity index (χ0) is 32.7. The van der Waals surface area contributed by atoms with Gasteiger partial charge in [-0.2, -0.15) is 9.98 Å². The van der Waals surface area contributed by atoms with Gasteiger partial charge in [-0.25, -0.2) is 0 Å². The average molecular weight is 665 g/mol. The Hall–Kier alpha value is -3.18. The van der Waals surface area contributed by atoms with Gasteiger partial charge >= 0.3 is 11.9 Å². The molecule has 46 heavy (non-hydrogen) atoms. The van der Waals surface area contributed by atoms with E-state index in [-0.39, 0.29) is 0 Å². The lowest BCUT2D eigenvalue weighted by Gasteiger charge is -2.38. The van der Waals surface area contributed by atoms with Crippen molar-refractivity contribution >= 4 is 58.1 Å². The minimum Gasteiger partial charge on any atom is -0.480 e. The largest absolute Gasteiger partial charge is 0.480 e. The third kappa shape index (κ3) is 11.3. The molecular weight excluding hydrogens is 621 g/mol. The molecule has 2 aromatic rings. The Morgan fingerprint density at radius 2 is 0.978 bits per heavy atom. The second kappa shape index (κ2) is 18.8. The Morgan fingerprint density at radius 3 is 1.33 bits per heavy atom. The summed E-state index contributed by atoms with van der Waals surface area (Å²) in [7, 11) is 0. The molecule has 0 amide bonds. The Labute approximate surface area is 282 Å². The van der Waals surface area contributed by atoms with Crippen molar-refractivity contribution < 1.29 is 19.8 Å². The lowest BCUT2D eigenvalue weighted by Crippen LogP contribution is -2.51. The second-order valence-corrected chi connectivity index (χ2v) is 12.4. The van der Waals surface area contributed by atoms with E-state index in [2.05, 4.69) is 64.3 Å². The molecule has 0 saturated carbocycles. The third-order valence-electron chi connectivity index (χ3n) is 9.07. The van der Waals surface area contributed by atoms with Crippen molar-refractivity contribution in [1.29, 1.82) is 0 Å². The molecule has 2 fully saturated rings. The number of aliphatic imine (C=N–C) groups is 2. The molecule has 0 radical (unpaired) electrons. The molecular formula is C34H44N6O4S2. The molecule has 10 nitrogen and oxygen atoms in total. The van der Waals surface area contributed by atoms with Crippen LogP contribution in [0.25, 0.3) is 0 Å². The summed E-state index contributed by atoms with van der Waals surface area (Å²) in [6.45, 7) is 7.91. The van der Waals surface area contributed by atoms with Gasteiger partial charge in [0.2, 0.25) is 0 Å². The van der Waals surface area contributed by atoms with Gasteiger partial charge in [-0.05, 0) is 111 Å². The molecule has 2 N–H and O–H groups in total. The van der Waals surface area contributed by atoms with Crippen molar-refractivity contribution in [2.75, 3.05) is 65.4 Å². The summed E-state index contributed by atoms with van der Waals surface area (Å²) >= 11 is 9.35. The van der Waals surface area contributed by atoms with Crippen LogP contribution in [0, 0.1) is 0 Å². The first kappa shape index (κ1) is 35.7. The molecule has 0 spiro atoms. The van der Waals surface area contributed by atoms with E-state index < -0.39 is 24.0 Å². The number of carboxylic acid groups (broad SMARTS) is 2. The van der Waals surface area contributed by atoms with Crippen molar-refractivity contribution in [3.8, 4) is 0 Å². The van der Waals surface area contributed by atoms with Crippen molar-refractivity contribution in [1.82, 2.24) is 19.6 Å². The molecule has 2 aliphatic heterocycles. The summed E-state index contributed by atoms with van der Waals surface area (Å²) in [5.41, 5.74) is 3.63. The molecule has 246 valence electrons. The summed E-state index contributed by atoms with van der Waals surface area (Å²) in [4.78, 5) is 42.1. The summed E-state index contributed by atoms with van der Waals surface area (Å²) in [6.07, 6.45) is 4.12. The molecule has 2 heterocycles. The van der Waals surface area contributed by atoms with Crippen LogP contribution in [0.5, 0.6) is 0 Å². The summed E-state index contributed by atoms with van der Waals surface area (Å²) in [5, 5.41) is 25.2. The van der Waals surface area contributed by atoms with E-state index in [0.29, 0.717) is 51.9 Å². The quantitative estimate of drug-likeness (QED) is 0.246. The summed E-state index contributed by atoms with van der Waals surface area (Å²) in [5.74, 6) is -1.56. The molecule has 2 aromatic carbocycles. The fourth-order valence-corrected chi connectivity index (χ4v) is 6.66. The van der Waals surface area contributed by atoms with Crippen LogP contribution in [0.2, 0.25) is 0 Å². The van der Waals surface area contributed by atoms with Crippen LogP contribution in [0.1, 0.15) is 36.8 Å². The molecule has 2 aliphatic rings. The van der Waals surface area contributed by atoms with E-state index in [1.807, 2.05) is 48.5 Å². The molecule has 4 rings (SSSR count). The van der Waals surface area contributed by atoms with Crippen LogP contribution in [0.4, 0.5) is 11.4 Å². The maximum Gasteiger partial charge on any atom is 0.320 e. The molecule has 0 aliphatic carbocycles. The van der Waals surface area contributed by atoms with Gasteiger partial charge in [-0.3, -0.25) is 19.4 Å². The minimum absolute atomic E-state index is 0.533. The van der Waals surface area contributed by atoms with Crippen molar-refractivity contribution in [3.63, 3.8) is 0 Å². The number of rotatable bonds is 12. The lowest BCUT2D eigenvalue weighted by atomic mass is 10.0. The smallest absolute Gasteiger partial charge is 0.320 e. The van der Waals surface area contributed by atoms with Gasteiger partial charge in [-0.1, -0.05) is 24.3 Å².